The molecule has 2 atom stereocenters. The lowest BCUT2D eigenvalue weighted by molar-refractivity contribution is 0.483. The smallest absolute Gasteiger partial charge is 0.0525 e. The molecular formula is C10H17N3. The average molecular weight is 179 g/mol. The Morgan fingerprint density at radius 2 is 2.38 bits per heavy atom. The highest BCUT2D eigenvalue weighted by atomic mass is 15.3. The summed E-state index contributed by atoms with van der Waals surface area (Å²) < 4.78 is 2.02. The Bertz CT molecular complexity index is 290. The summed E-state index contributed by atoms with van der Waals surface area (Å²) >= 11 is 0. The van der Waals surface area contributed by atoms with Crippen molar-refractivity contribution in [1.82, 2.24) is 9.78 Å². The number of nitrogens with two attached hydrogens (primary N) is 1. The van der Waals surface area contributed by atoms with Crippen LogP contribution in [0.5, 0.6) is 0 Å². The standard InChI is InChI=1S/C10H17N3/c1-7(2)5-13-6-8(4-12-13)9-3-10(9)11/h4,6-7,9-10H,3,5,11H2,1-2H3/t9-,10-/m0/s1. The third-order valence-electron chi connectivity index (χ3n) is 2.47. The normalized spacial score (nSPS) is 26.8. The van der Waals surface area contributed by atoms with E-state index in [-0.39, 0.29) is 0 Å². The zero-order chi connectivity index (χ0) is 9.42. The van der Waals surface area contributed by atoms with Crippen molar-refractivity contribution in [1.29, 1.82) is 0 Å². The maximum Gasteiger partial charge on any atom is 0.0525 e. The van der Waals surface area contributed by atoms with E-state index in [2.05, 4.69) is 25.1 Å². The van der Waals surface area contributed by atoms with E-state index in [0.717, 1.165) is 13.0 Å². The molecule has 1 aromatic heterocycles. The Morgan fingerprint density at radius 3 is 2.92 bits per heavy atom. The van der Waals surface area contributed by atoms with Crippen molar-refractivity contribution >= 4 is 0 Å². The second kappa shape index (κ2) is 3.14. The summed E-state index contributed by atoms with van der Waals surface area (Å²) in [6, 6.07) is 0.386. The van der Waals surface area contributed by atoms with Gasteiger partial charge in [-0.05, 0) is 17.9 Å². The van der Waals surface area contributed by atoms with Gasteiger partial charge >= 0.3 is 0 Å². The van der Waals surface area contributed by atoms with Crippen LogP contribution in [0.25, 0.3) is 0 Å². The number of hydrogen-bond donors (Lipinski definition) is 1. The summed E-state index contributed by atoms with van der Waals surface area (Å²) in [4.78, 5) is 0. The summed E-state index contributed by atoms with van der Waals surface area (Å²) in [7, 11) is 0. The van der Waals surface area contributed by atoms with Crippen molar-refractivity contribution in [2.75, 3.05) is 0 Å². The van der Waals surface area contributed by atoms with Crippen LogP contribution >= 0.6 is 0 Å². The maximum absolute atomic E-state index is 5.77. The van der Waals surface area contributed by atoms with Crippen LogP contribution in [0.3, 0.4) is 0 Å². The van der Waals surface area contributed by atoms with Gasteiger partial charge in [0.1, 0.15) is 0 Å². The van der Waals surface area contributed by atoms with Gasteiger partial charge in [-0.2, -0.15) is 5.10 Å². The first-order valence-corrected chi connectivity index (χ1v) is 4.94. The van der Waals surface area contributed by atoms with Crippen LogP contribution in [0.15, 0.2) is 12.4 Å². The van der Waals surface area contributed by atoms with Crippen molar-refractivity contribution in [2.45, 2.75) is 38.8 Å². The molecule has 0 spiro atoms. The molecule has 0 amide bonds. The summed E-state index contributed by atoms with van der Waals surface area (Å²) in [6.45, 7) is 5.40. The Balaban J connectivity index is 2.01. The SMILES string of the molecule is CC(C)Cn1cc([C@@H]2C[C@@H]2N)cn1. The molecule has 2 N–H and O–H groups in total. The molecule has 3 heteroatoms. The first kappa shape index (κ1) is 8.75. The molecule has 0 radical (unpaired) electrons. The zero-order valence-corrected chi connectivity index (χ0v) is 8.27. The minimum Gasteiger partial charge on any atom is -0.327 e. The van der Waals surface area contributed by atoms with Gasteiger partial charge in [0.2, 0.25) is 0 Å². The van der Waals surface area contributed by atoms with Gasteiger partial charge in [-0.1, -0.05) is 13.8 Å². The first-order chi connectivity index (χ1) is 6.16. The van der Waals surface area contributed by atoms with E-state index in [9.17, 15) is 0 Å². The van der Waals surface area contributed by atoms with Crippen molar-refractivity contribution in [3.63, 3.8) is 0 Å². The van der Waals surface area contributed by atoms with Gasteiger partial charge in [0.15, 0.2) is 0 Å². The van der Waals surface area contributed by atoms with Gasteiger partial charge < -0.3 is 5.73 Å². The minimum absolute atomic E-state index is 0.386. The van der Waals surface area contributed by atoms with Crippen LogP contribution in [0.4, 0.5) is 0 Å². The number of rotatable bonds is 3. The molecule has 72 valence electrons. The second-order valence-corrected chi connectivity index (χ2v) is 4.40. The van der Waals surface area contributed by atoms with E-state index in [1.54, 1.807) is 0 Å². The van der Waals surface area contributed by atoms with E-state index in [1.807, 2.05) is 10.9 Å². The monoisotopic (exact) mass is 179 g/mol. The zero-order valence-electron chi connectivity index (χ0n) is 8.27. The van der Waals surface area contributed by atoms with Crippen LogP contribution in [-0.2, 0) is 6.54 Å². The number of aromatic nitrogens is 2. The fourth-order valence-electron chi connectivity index (χ4n) is 1.64. The number of hydrogen-bond acceptors (Lipinski definition) is 2. The highest BCUT2D eigenvalue weighted by Gasteiger charge is 2.35. The Labute approximate surface area is 78.9 Å². The van der Waals surface area contributed by atoms with Crippen molar-refractivity contribution in [2.24, 2.45) is 11.7 Å². The predicted molar refractivity (Wildman–Crippen MR) is 52.4 cm³/mol. The van der Waals surface area contributed by atoms with Gasteiger partial charge in [0.25, 0.3) is 0 Å². The molecule has 2 rings (SSSR count). The summed E-state index contributed by atoms with van der Waals surface area (Å²) in [5.74, 6) is 1.24. The lowest BCUT2D eigenvalue weighted by Gasteiger charge is -2.03. The van der Waals surface area contributed by atoms with Gasteiger partial charge in [0, 0.05) is 24.7 Å². The van der Waals surface area contributed by atoms with Crippen molar-refractivity contribution in [3.8, 4) is 0 Å². The molecule has 0 bridgehead atoms. The van der Waals surface area contributed by atoms with Crippen LogP contribution < -0.4 is 5.73 Å². The minimum atomic E-state index is 0.386. The van der Waals surface area contributed by atoms with E-state index in [1.165, 1.54) is 5.56 Å². The van der Waals surface area contributed by atoms with Gasteiger partial charge in [-0.3, -0.25) is 4.68 Å². The molecule has 0 saturated heterocycles. The highest BCUT2D eigenvalue weighted by molar-refractivity contribution is 5.22. The molecule has 1 aromatic rings. The fourth-order valence-corrected chi connectivity index (χ4v) is 1.64. The average Bonchev–Trinajstić information content (AvgIpc) is 2.60. The first-order valence-electron chi connectivity index (χ1n) is 4.94. The van der Waals surface area contributed by atoms with Gasteiger partial charge in [0.05, 0.1) is 6.20 Å². The molecule has 3 nitrogen and oxygen atoms in total. The molecule has 1 saturated carbocycles. The highest BCUT2D eigenvalue weighted by Crippen LogP contribution is 2.38. The second-order valence-electron chi connectivity index (χ2n) is 4.40. The fraction of sp³-hybridized carbons (Fsp3) is 0.700. The molecular weight excluding hydrogens is 162 g/mol. The van der Waals surface area contributed by atoms with Crippen LogP contribution in [0, 0.1) is 5.92 Å². The lowest BCUT2D eigenvalue weighted by atomic mass is 10.2. The Morgan fingerprint density at radius 1 is 1.69 bits per heavy atom. The largest absolute Gasteiger partial charge is 0.327 e. The van der Waals surface area contributed by atoms with Gasteiger partial charge in [-0.25, -0.2) is 0 Å². The molecule has 1 aliphatic rings. The predicted octanol–water partition coefficient (Wildman–Crippen LogP) is 1.35. The van der Waals surface area contributed by atoms with E-state index < -0.39 is 0 Å². The topological polar surface area (TPSA) is 43.8 Å². The Kier molecular flexibility index (Phi) is 2.12. The van der Waals surface area contributed by atoms with E-state index in [0.29, 0.717) is 17.9 Å². The van der Waals surface area contributed by atoms with E-state index in [4.69, 9.17) is 5.73 Å². The molecule has 0 unspecified atom stereocenters. The summed E-state index contributed by atoms with van der Waals surface area (Å²) in [6.07, 6.45) is 5.23. The van der Waals surface area contributed by atoms with Crippen LogP contribution in [-0.4, -0.2) is 15.8 Å². The van der Waals surface area contributed by atoms with Crippen LogP contribution in [0.1, 0.15) is 31.7 Å². The molecule has 0 aliphatic heterocycles. The maximum atomic E-state index is 5.77. The van der Waals surface area contributed by atoms with E-state index >= 15 is 0 Å². The number of nitrogens with zero attached hydrogens (tertiary/aromatic N) is 2. The molecule has 1 aliphatic carbocycles. The quantitative estimate of drug-likeness (QED) is 0.761. The molecule has 0 aromatic carbocycles. The summed E-state index contributed by atoms with van der Waals surface area (Å²) in [5, 5.41) is 4.31. The summed E-state index contributed by atoms with van der Waals surface area (Å²) in [5.41, 5.74) is 7.09. The Hall–Kier alpha value is -0.830. The van der Waals surface area contributed by atoms with Gasteiger partial charge in [-0.15, -0.1) is 0 Å². The third-order valence-corrected chi connectivity index (χ3v) is 2.47. The van der Waals surface area contributed by atoms with Crippen molar-refractivity contribution in [3.05, 3.63) is 18.0 Å². The lowest BCUT2D eigenvalue weighted by Crippen LogP contribution is -2.04. The van der Waals surface area contributed by atoms with Crippen LogP contribution in [0.2, 0.25) is 0 Å². The van der Waals surface area contributed by atoms with Crippen molar-refractivity contribution < 1.29 is 0 Å². The molecule has 13 heavy (non-hydrogen) atoms. The molecule has 1 heterocycles. The molecule has 1 fully saturated rings. The third kappa shape index (κ3) is 1.91.